The van der Waals surface area contributed by atoms with Crippen LogP contribution >= 0.6 is 11.6 Å². The van der Waals surface area contributed by atoms with Crippen molar-refractivity contribution >= 4 is 17.5 Å². The highest BCUT2D eigenvalue weighted by molar-refractivity contribution is 6.21. The van der Waals surface area contributed by atoms with Gasteiger partial charge in [0.1, 0.15) is 5.75 Å². The minimum Gasteiger partial charge on any atom is -0.493 e. The highest BCUT2D eigenvalue weighted by atomic mass is 35.5. The van der Waals surface area contributed by atoms with Crippen molar-refractivity contribution in [2.45, 2.75) is 37.1 Å². The standard InChI is InChI=1S/C14H18ClNO2/c15-12-7-4-8-13(12)16-14(17)9-10-18-11-5-2-1-3-6-11/h1-3,5-6,12-13H,4,7-10H2,(H,16,17). The summed E-state index contributed by atoms with van der Waals surface area (Å²) in [5, 5.41) is 3.05. The van der Waals surface area contributed by atoms with Crippen LogP contribution in [0.3, 0.4) is 0 Å². The minimum atomic E-state index is 0.0171. The number of rotatable bonds is 5. The molecule has 0 radical (unpaired) electrons. The molecule has 3 nitrogen and oxygen atoms in total. The molecule has 0 saturated heterocycles. The summed E-state index contributed by atoms with van der Waals surface area (Å²) in [6.45, 7) is 0.398. The Morgan fingerprint density at radius 1 is 1.33 bits per heavy atom. The molecular formula is C14H18ClNO2. The predicted molar refractivity (Wildman–Crippen MR) is 72.0 cm³/mol. The lowest BCUT2D eigenvalue weighted by molar-refractivity contribution is -0.122. The SMILES string of the molecule is O=C(CCOc1ccccc1)NC1CCCC1Cl. The molecule has 0 aromatic heterocycles. The van der Waals surface area contributed by atoms with E-state index < -0.39 is 0 Å². The van der Waals surface area contributed by atoms with Crippen molar-refractivity contribution in [2.75, 3.05) is 6.61 Å². The fourth-order valence-electron chi connectivity index (χ4n) is 2.13. The molecule has 0 bridgehead atoms. The van der Waals surface area contributed by atoms with Crippen molar-refractivity contribution in [3.8, 4) is 5.75 Å². The van der Waals surface area contributed by atoms with Crippen molar-refractivity contribution in [1.29, 1.82) is 0 Å². The van der Waals surface area contributed by atoms with Crippen molar-refractivity contribution in [3.05, 3.63) is 30.3 Å². The van der Waals surface area contributed by atoms with Gasteiger partial charge in [0.2, 0.25) is 5.91 Å². The number of alkyl halides is 1. The van der Waals surface area contributed by atoms with Crippen molar-refractivity contribution in [3.63, 3.8) is 0 Å². The summed E-state index contributed by atoms with van der Waals surface area (Å²) in [5.74, 6) is 0.810. The van der Waals surface area contributed by atoms with Crippen LogP contribution in [0, 0.1) is 0 Å². The van der Waals surface area contributed by atoms with Gasteiger partial charge in [0.25, 0.3) is 0 Å². The lowest BCUT2D eigenvalue weighted by atomic mass is 10.2. The Morgan fingerprint density at radius 3 is 2.78 bits per heavy atom. The quantitative estimate of drug-likeness (QED) is 0.833. The molecule has 1 N–H and O–H groups in total. The van der Waals surface area contributed by atoms with Crippen molar-refractivity contribution in [2.24, 2.45) is 0 Å². The number of halogens is 1. The highest BCUT2D eigenvalue weighted by Gasteiger charge is 2.26. The van der Waals surface area contributed by atoms with Gasteiger partial charge >= 0.3 is 0 Å². The third-order valence-corrected chi connectivity index (χ3v) is 3.64. The number of ether oxygens (including phenoxy) is 1. The van der Waals surface area contributed by atoms with Gasteiger partial charge in [-0.1, -0.05) is 18.2 Å². The van der Waals surface area contributed by atoms with Gasteiger partial charge in [0, 0.05) is 6.04 Å². The first-order chi connectivity index (χ1) is 8.75. The van der Waals surface area contributed by atoms with E-state index in [1.54, 1.807) is 0 Å². The summed E-state index contributed by atoms with van der Waals surface area (Å²) in [7, 11) is 0. The molecule has 0 aliphatic heterocycles. The van der Waals surface area contributed by atoms with E-state index in [1.807, 2.05) is 30.3 Å². The number of carbonyl (C=O) groups excluding carboxylic acids is 1. The first-order valence-corrected chi connectivity index (χ1v) is 6.80. The molecular weight excluding hydrogens is 250 g/mol. The topological polar surface area (TPSA) is 38.3 Å². The summed E-state index contributed by atoms with van der Waals surface area (Å²) in [4.78, 5) is 11.7. The fraction of sp³-hybridized carbons (Fsp3) is 0.500. The monoisotopic (exact) mass is 267 g/mol. The smallest absolute Gasteiger partial charge is 0.223 e. The molecule has 1 saturated carbocycles. The largest absolute Gasteiger partial charge is 0.493 e. The predicted octanol–water partition coefficient (Wildman–Crippen LogP) is 2.73. The zero-order chi connectivity index (χ0) is 12.8. The zero-order valence-corrected chi connectivity index (χ0v) is 11.0. The molecule has 1 amide bonds. The second-order valence-electron chi connectivity index (χ2n) is 4.53. The zero-order valence-electron chi connectivity index (χ0n) is 10.3. The molecule has 1 aliphatic rings. The van der Waals surface area contributed by atoms with E-state index in [9.17, 15) is 4.79 Å². The number of amides is 1. The number of carbonyl (C=O) groups is 1. The number of nitrogens with one attached hydrogen (secondary N) is 1. The number of benzene rings is 1. The number of hydrogen-bond donors (Lipinski definition) is 1. The Hall–Kier alpha value is -1.22. The van der Waals surface area contributed by atoms with Crippen LogP contribution in [0.25, 0.3) is 0 Å². The molecule has 1 aromatic carbocycles. The van der Waals surface area contributed by atoms with Gasteiger partial charge < -0.3 is 10.1 Å². The van der Waals surface area contributed by atoms with Crippen LogP contribution < -0.4 is 10.1 Å². The third-order valence-electron chi connectivity index (χ3n) is 3.12. The van der Waals surface area contributed by atoms with Crippen molar-refractivity contribution < 1.29 is 9.53 Å². The average molecular weight is 268 g/mol. The molecule has 1 aliphatic carbocycles. The third kappa shape index (κ3) is 3.91. The second kappa shape index (κ2) is 6.64. The van der Waals surface area contributed by atoms with E-state index in [2.05, 4.69) is 5.32 Å². The van der Waals surface area contributed by atoms with Crippen LogP contribution in [0.1, 0.15) is 25.7 Å². The molecule has 4 heteroatoms. The Bertz CT molecular complexity index is 383. The molecule has 18 heavy (non-hydrogen) atoms. The van der Waals surface area contributed by atoms with Crippen molar-refractivity contribution in [1.82, 2.24) is 5.32 Å². The summed E-state index contributed by atoms with van der Waals surface area (Å²) >= 11 is 6.11. The molecule has 0 spiro atoms. The number of hydrogen-bond acceptors (Lipinski definition) is 2. The van der Waals surface area contributed by atoms with Gasteiger partial charge in [-0.2, -0.15) is 0 Å². The first kappa shape index (κ1) is 13.2. The van der Waals surface area contributed by atoms with E-state index in [0.717, 1.165) is 25.0 Å². The maximum Gasteiger partial charge on any atom is 0.223 e. The van der Waals surface area contributed by atoms with Gasteiger partial charge in [0.15, 0.2) is 0 Å². The van der Waals surface area contributed by atoms with E-state index in [-0.39, 0.29) is 17.3 Å². The molecule has 2 unspecified atom stereocenters. The Labute approximate surface area is 112 Å². The molecule has 0 heterocycles. The minimum absolute atomic E-state index is 0.0171. The Morgan fingerprint density at radius 2 is 2.11 bits per heavy atom. The van der Waals surface area contributed by atoms with Crippen LogP contribution in [0.5, 0.6) is 5.75 Å². The number of para-hydroxylation sites is 1. The molecule has 98 valence electrons. The summed E-state index contributed by atoms with van der Waals surface area (Å²) in [5.41, 5.74) is 0. The molecule has 1 aromatic rings. The van der Waals surface area contributed by atoms with Crippen LogP contribution in [0.15, 0.2) is 30.3 Å². The summed E-state index contributed by atoms with van der Waals surface area (Å²) in [6.07, 6.45) is 3.45. The van der Waals surface area contributed by atoms with Gasteiger partial charge in [-0.3, -0.25) is 4.79 Å². The molecule has 2 atom stereocenters. The van der Waals surface area contributed by atoms with Gasteiger partial charge in [0.05, 0.1) is 18.4 Å². The van der Waals surface area contributed by atoms with Gasteiger partial charge in [-0.25, -0.2) is 0 Å². The van der Waals surface area contributed by atoms with Crippen LogP contribution in [-0.2, 0) is 4.79 Å². The lowest BCUT2D eigenvalue weighted by Gasteiger charge is -2.15. The van der Waals surface area contributed by atoms with E-state index in [0.29, 0.717) is 13.0 Å². The maximum atomic E-state index is 11.7. The fourth-order valence-corrected chi connectivity index (χ4v) is 2.48. The maximum absolute atomic E-state index is 11.7. The lowest BCUT2D eigenvalue weighted by Crippen LogP contribution is -2.38. The normalized spacial score (nSPS) is 22.7. The van der Waals surface area contributed by atoms with Crippen LogP contribution in [0.4, 0.5) is 0 Å². The van der Waals surface area contributed by atoms with Crippen LogP contribution in [-0.4, -0.2) is 23.9 Å². The first-order valence-electron chi connectivity index (χ1n) is 6.37. The van der Waals surface area contributed by atoms with Gasteiger partial charge in [-0.05, 0) is 31.4 Å². The average Bonchev–Trinajstić information content (AvgIpc) is 2.76. The summed E-state index contributed by atoms with van der Waals surface area (Å²) < 4.78 is 5.47. The van der Waals surface area contributed by atoms with Gasteiger partial charge in [-0.15, -0.1) is 11.6 Å². The second-order valence-corrected chi connectivity index (χ2v) is 5.09. The van der Waals surface area contributed by atoms with Crippen LogP contribution in [0.2, 0.25) is 0 Å². The Kier molecular flexibility index (Phi) is 4.88. The van der Waals surface area contributed by atoms with E-state index in [1.165, 1.54) is 0 Å². The Balaban J connectivity index is 1.66. The molecule has 1 fully saturated rings. The van der Waals surface area contributed by atoms with E-state index in [4.69, 9.17) is 16.3 Å². The van der Waals surface area contributed by atoms with E-state index >= 15 is 0 Å². The highest BCUT2D eigenvalue weighted by Crippen LogP contribution is 2.23. The molecule has 2 rings (SSSR count). The summed E-state index contributed by atoms with van der Waals surface area (Å²) in [6, 6.07) is 9.64.